The van der Waals surface area contributed by atoms with Crippen molar-refractivity contribution in [2.75, 3.05) is 20.2 Å². The number of halogens is 3. The van der Waals surface area contributed by atoms with E-state index in [1.54, 1.807) is 7.11 Å². The van der Waals surface area contributed by atoms with Gasteiger partial charge in [-0.2, -0.15) is 13.2 Å². The van der Waals surface area contributed by atoms with Crippen LogP contribution in [0.4, 0.5) is 13.2 Å². The van der Waals surface area contributed by atoms with E-state index in [4.69, 9.17) is 4.74 Å². The predicted octanol–water partition coefficient (Wildman–Crippen LogP) is 1.63. The van der Waals surface area contributed by atoms with Gasteiger partial charge in [0.05, 0.1) is 11.2 Å². The standard InChI is InChI=1S/C11H13F3N2O/c1-17-10(6-15-7-10)4-9-3-2-8(5-16-9)11(12,13)14/h2-3,5,15H,4,6-7H2,1H3. The molecule has 2 heterocycles. The van der Waals surface area contributed by atoms with Crippen molar-refractivity contribution in [3.63, 3.8) is 0 Å². The number of pyridine rings is 1. The number of hydrogen-bond acceptors (Lipinski definition) is 3. The molecule has 0 saturated carbocycles. The van der Waals surface area contributed by atoms with Crippen LogP contribution < -0.4 is 5.32 Å². The molecule has 1 saturated heterocycles. The molecule has 1 aromatic heterocycles. The second-order valence-electron chi connectivity index (χ2n) is 4.20. The van der Waals surface area contributed by atoms with E-state index in [9.17, 15) is 13.2 Å². The minimum absolute atomic E-state index is 0.313. The lowest BCUT2D eigenvalue weighted by Gasteiger charge is -2.41. The van der Waals surface area contributed by atoms with Gasteiger partial charge >= 0.3 is 6.18 Å². The molecule has 1 fully saturated rings. The predicted molar refractivity (Wildman–Crippen MR) is 55.6 cm³/mol. The maximum absolute atomic E-state index is 12.3. The first-order valence-electron chi connectivity index (χ1n) is 5.23. The van der Waals surface area contributed by atoms with Crippen LogP contribution in [0.1, 0.15) is 11.3 Å². The Morgan fingerprint density at radius 2 is 2.12 bits per heavy atom. The number of hydrogen-bond donors (Lipinski definition) is 1. The highest BCUT2D eigenvalue weighted by Gasteiger charge is 2.37. The SMILES string of the molecule is COC1(Cc2ccc(C(F)(F)F)cn2)CNC1. The van der Waals surface area contributed by atoms with Crippen molar-refractivity contribution >= 4 is 0 Å². The smallest absolute Gasteiger partial charge is 0.375 e. The summed E-state index contributed by atoms with van der Waals surface area (Å²) in [6.45, 7) is 1.40. The highest BCUT2D eigenvalue weighted by Crippen LogP contribution is 2.29. The van der Waals surface area contributed by atoms with Crippen molar-refractivity contribution in [1.82, 2.24) is 10.3 Å². The van der Waals surface area contributed by atoms with E-state index in [0.717, 1.165) is 12.3 Å². The molecular formula is C11H13F3N2O. The van der Waals surface area contributed by atoms with Gasteiger partial charge in [-0.25, -0.2) is 0 Å². The Bertz CT molecular complexity index is 379. The number of nitrogens with zero attached hydrogens (tertiary/aromatic N) is 1. The molecular weight excluding hydrogens is 233 g/mol. The molecule has 94 valence electrons. The Kier molecular flexibility index (Phi) is 3.09. The molecule has 3 nitrogen and oxygen atoms in total. The van der Waals surface area contributed by atoms with Crippen LogP contribution in [0.5, 0.6) is 0 Å². The fourth-order valence-electron chi connectivity index (χ4n) is 1.77. The molecule has 1 N–H and O–H groups in total. The third-order valence-corrected chi connectivity index (χ3v) is 2.98. The highest BCUT2D eigenvalue weighted by atomic mass is 19.4. The van der Waals surface area contributed by atoms with Crippen molar-refractivity contribution < 1.29 is 17.9 Å². The molecule has 6 heteroatoms. The van der Waals surface area contributed by atoms with E-state index in [1.165, 1.54) is 6.07 Å². The van der Waals surface area contributed by atoms with E-state index in [2.05, 4.69) is 10.3 Å². The van der Waals surface area contributed by atoms with E-state index in [1.807, 2.05) is 0 Å². The first-order valence-corrected chi connectivity index (χ1v) is 5.23. The third kappa shape index (κ3) is 2.58. The fraction of sp³-hybridized carbons (Fsp3) is 0.545. The van der Waals surface area contributed by atoms with Crippen molar-refractivity contribution in [3.05, 3.63) is 29.6 Å². The summed E-state index contributed by atoms with van der Waals surface area (Å²) in [6.07, 6.45) is -2.94. The van der Waals surface area contributed by atoms with Crippen LogP contribution >= 0.6 is 0 Å². The molecule has 0 bridgehead atoms. The van der Waals surface area contributed by atoms with Crippen LogP contribution in [0.2, 0.25) is 0 Å². The monoisotopic (exact) mass is 246 g/mol. The minimum Gasteiger partial charge on any atom is -0.375 e. The van der Waals surface area contributed by atoms with Gasteiger partial charge in [-0.3, -0.25) is 4.98 Å². The normalized spacial score (nSPS) is 18.8. The first-order chi connectivity index (χ1) is 7.95. The van der Waals surface area contributed by atoms with E-state index < -0.39 is 11.7 Å². The lowest BCUT2D eigenvalue weighted by molar-refractivity contribution is -0.137. The molecule has 17 heavy (non-hydrogen) atoms. The van der Waals surface area contributed by atoms with Crippen LogP contribution in [-0.4, -0.2) is 30.8 Å². The summed E-state index contributed by atoms with van der Waals surface area (Å²) < 4.78 is 42.3. The molecule has 0 spiro atoms. The van der Waals surface area contributed by atoms with Gasteiger partial charge in [-0.05, 0) is 12.1 Å². The van der Waals surface area contributed by atoms with Crippen molar-refractivity contribution in [2.24, 2.45) is 0 Å². The van der Waals surface area contributed by atoms with Gasteiger partial charge in [0.25, 0.3) is 0 Å². The zero-order chi connectivity index (χ0) is 12.5. The third-order valence-electron chi connectivity index (χ3n) is 2.98. The Morgan fingerprint density at radius 3 is 2.47 bits per heavy atom. The quantitative estimate of drug-likeness (QED) is 0.880. The molecule has 0 amide bonds. The Labute approximate surface area is 97.0 Å². The Hall–Kier alpha value is -1.14. The summed E-state index contributed by atoms with van der Waals surface area (Å²) in [4.78, 5) is 3.83. The average molecular weight is 246 g/mol. The van der Waals surface area contributed by atoms with Crippen molar-refractivity contribution in [3.8, 4) is 0 Å². The summed E-state index contributed by atoms with van der Waals surface area (Å²) in [7, 11) is 1.60. The van der Waals surface area contributed by atoms with Crippen LogP contribution in [0.25, 0.3) is 0 Å². The van der Waals surface area contributed by atoms with Gasteiger partial charge in [0.15, 0.2) is 0 Å². The summed E-state index contributed by atoms with van der Waals surface area (Å²) >= 11 is 0. The van der Waals surface area contributed by atoms with E-state index in [0.29, 0.717) is 25.2 Å². The second-order valence-corrected chi connectivity index (χ2v) is 4.20. The molecule has 0 atom stereocenters. The minimum atomic E-state index is -4.33. The van der Waals surface area contributed by atoms with Crippen LogP contribution in [0.3, 0.4) is 0 Å². The summed E-state index contributed by atoms with van der Waals surface area (Å²) in [5.41, 5.74) is -0.423. The summed E-state index contributed by atoms with van der Waals surface area (Å²) in [6, 6.07) is 2.46. The van der Waals surface area contributed by atoms with Gasteiger partial charge in [-0.1, -0.05) is 0 Å². The Balaban J connectivity index is 2.08. The lowest BCUT2D eigenvalue weighted by Crippen LogP contribution is -2.62. The number of aromatic nitrogens is 1. The largest absolute Gasteiger partial charge is 0.417 e. The summed E-state index contributed by atoms with van der Waals surface area (Å²) in [5.74, 6) is 0. The number of rotatable bonds is 3. The molecule has 0 aromatic carbocycles. The molecule has 1 aliphatic rings. The van der Waals surface area contributed by atoms with Crippen LogP contribution in [0, 0.1) is 0 Å². The van der Waals surface area contributed by atoms with Gasteiger partial charge in [-0.15, -0.1) is 0 Å². The van der Waals surface area contributed by atoms with Crippen molar-refractivity contribution in [2.45, 2.75) is 18.2 Å². The van der Waals surface area contributed by atoms with E-state index in [-0.39, 0.29) is 5.60 Å². The van der Waals surface area contributed by atoms with E-state index >= 15 is 0 Å². The van der Waals surface area contributed by atoms with Crippen molar-refractivity contribution in [1.29, 1.82) is 0 Å². The molecule has 0 radical (unpaired) electrons. The topological polar surface area (TPSA) is 34.1 Å². The summed E-state index contributed by atoms with van der Waals surface area (Å²) in [5, 5.41) is 3.08. The molecule has 1 aliphatic heterocycles. The van der Waals surface area contributed by atoms with Gasteiger partial charge in [0.1, 0.15) is 0 Å². The zero-order valence-electron chi connectivity index (χ0n) is 9.34. The first kappa shape index (κ1) is 12.3. The zero-order valence-corrected chi connectivity index (χ0v) is 9.34. The lowest BCUT2D eigenvalue weighted by atomic mass is 9.91. The number of ether oxygens (including phenoxy) is 1. The maximum Gasteiger partial charge on any atom is 0.417 e. The Morgan fingerprint density at radius 1 is 1.41 bits per heavy atom. The van der Waals surface area contributed by atoms with Crippen LogP contribution in [0.15, 0.2) is 18.3 Å². The fourth-order valence-corrected chi connectivity index (χ4v) is 1.77. The molecule has 2 rings (SSSR count). The second kappa shape index (κ2) is 4.27. The highest BCUT2D eigenvalue weighted by molar-refractivity contribution is 5.19. The number of alkyl halides is 3. The van der Waals surface area contributed by atoms with Gasteiger partial charge < -0.3 is 10.1 Å². The molecule has 1 aromatic rings. The van der Waals surface area contributed by atoms with Gasteiger partial charge in [0, 0.05) is 38.5 Å². The average Bonchev–Trinajstić information content (AvgIpc) is 2.23. The molecule has 0 aliphatic carbocycles. The maximum atomic E-state index is 12.3. The molecule has 0 unspecified atom stereocenters. The van der Waals surface area contributed by atoms with Crippen LogP contribution in [-0.2, 0) is 17.3 Å². The van der Waals surface area contributed by atoms with Gasteiger partial charge in [0.2, 0.25) is 0 Å². The number of methoxy groups -OCH3 is 1. The number of nitrogens with one attached hydrogen (secondary N) is 1.